The van der Waals surface area contributed by atoms with Gasteiger partial charge in [0.25, 0.3) is 5.91 Å². The lowest BCUT2D eigenvalue weighted by Gasteiger charge is -2.37. The highest BCUT2D eigenvalue weighted by Crippen LogP contribution is 2.21. The second-order valence-corrected chi connectivity index (χ2v) is 7.66. The highest BCUT2D eigenvalue weighted by molar-refractivity contribution is 7.13. The molecule has 1 aliphatic heterocycles. The standard InChI is InChI=1S/C21H21N5O3S/c1-15(20(27)26-12-10-25(11-13-26)16-6-3-2-4-7-16)29-21(28)17-14-30-19(24-17)18-22-8-5-9-23-18/h2-9,14-15H,10-13H2,1H3. The third-order valence-electron chi connectivity index (χ3n) is 4.81. The van der Waals surface area contributed by atoms with E-state index in [-0.39, 0.29) is 11.6 Å². The lowest BCUT2D eigenvalue weighted by atomic mass is 10.2. The Bertz CT molecular complexity index is 1000. The Morgan fingerprint density at radius 2 is 1.73 bits per heavy atom. The minimum atomic E-state index is -0.876. The number of rotatable bonds is 5. The topological polar surface area (TPSA) is 88.5 Å². The van der Waals surface area contributed by atoms with Crippen molar-refractivity contribution in [3.8, 4) is 10.8 Å². The number of anilines is 1. The second kappa shape index (κ2) is 9.00. The molecule has 1 aromatic carbocycles. The molecule has 8 nitrogen and oxygen atoms in total. The van der Waals surface area contributed by atoms with Crippen molar-refractivity contribution in [2.75, 3.05) is 31.1 Å². The molecule has 30 heavy (non-hydrogen) atoms. The third-order valence-corrected chi connectivity index (χ3v) is 5.65. The van der Waals surface area contributed by atoms with E-state index in [0.717, 1.165) is 18.8 Å². The van der Waals surface area contributed by atoms with E-state index in [9.17, 15) is 9.59 Å². The number of esters is 1. The average molecular weight is 423 g/mol. The smallest absolute Gasteiger partial charge is 0.358 e. The molecule has 4 rings (SSSR count). The van der Waals surface area contributed by atoms with Gasteiger partial charge in [0, 0.05) is 49.6 Å². The van der Waals surface area contributed by atoms with Crippen molar-refractivity contribution in [3.63, 3.8) is 0 Å². The van der Waals surface area contributed by atoms with Gasteiger partial charge in [0.1, 0.15) is 0 Å². The van der Waals surface area contributed by atoms with Gasteiger partial charge in [-0.2, -0.15) is 0 Å². The number of amides is 1. The highest BCUT2D eigenvalue weighted by Gasteiger charge is 2.28. The summed E-state index contributed by atoms with van der Waals surface area (Å²) in [7, 11) is 0. The molecule has 154 valence electrons. The van der Waals surface area contributed by atoms with Crippen molar-refractivity contribution in [1.82, 2.24) is 19.9 Å². The Balaban J connectivity index is 1.32. The summed E-state index contributed by atoms with van der Waals surface area (Å²) in [6, 6.07) is 11.8. The van der Waals surface area contributed by atoms with Crippen LogP contribution in [0.4, 0.5) is 5.69 Å². The maximum Gasteiger partial charge on any atom is 0.358 e. The van der Waals surface area contributed by atoms with E-state index in [1.54, 1.807) is 35.7 Å². The zero-order valence-corrected chi connectivity index (χ0v) is 17.3. The summed E-state index contributed by atoms with van der Waals surface area (Å²) in [6.07, 6.45) is 2.35. The molecular formula is C21H21N5O3S. The van der Waals surface area contributed by atoms with E-state index in [1.807, 2.05) is 18.2 Å². The van der Waals surface area contributed by atoms with Gasteiger partial charge in [-0.05, 0) is 25.1 Å². The molecule has 1 fully saturated rings. The predicted octanol–water partition coefficient (Wildman–Crippen LogP) is 2.49. The van der Waals surface area contributed by atoms with Crippen LogP contribution in [0.1, 0.15) is 17.4 Å². The molecule has 0 radical (unpaired) electrons. The number of thiazole rings is 1. The average Bonchev–Trinajstić information content (AvgIpc) is 3.30. The fourth-order valence-corrected chi connectivity index (χ4v) is 3.97. The van der Waals surface area contributed by atoms with Crippen molar-refractivity contribution < 1.29 is 14.3 Å². The Kier molecular flexibility index (Phi) is 5.99. The fraction of sp³-hybridized carbons (Fsp3) is 0.286. The number of ether oxygens (including phenoxy) is 1. The zero-order valence-electron chi connectivity index (χ0n) is 16.5. The number of hydrogen-bond acceptors (Lipinski definition) is 8. The Hall–Kier alpha value is -3.33. The third kappa shape index (κ3) is 4.46. The van der Waals surface area contributed by atoms with Crippen molar-refractivity contribution in [1.29, 1.82) is 0 Å². The lowest BCUT2D eigenvalue weighted by molar-refractivity contribution is -0.140. The fourth-order valence-electron chi connectivity index (χ4n) is 3.23. The molecule has 1 unspecified atom stereocenters. The van der Waals surface area contributed by atoms with Crippen LogP contribution < -0.4 is 4.90 Å². The van der Waals surface area contributed by atoms with Crippen molar-refractivity contribution in [2.45, 2.75) is 13.0 Å². The van der Waals surface area contributed by atoms with E-state index in [1.165, 1.54) is 11.3 Å². The summed E-state index contributed by atoms with van der Waals surface area (Å²) < 4.78 is 5.37. The number of benzene rings is 1. The Labute approximate surface area is 178 Å². The number of nitrogens with zero attached hydrogens (tertiary/aromatic N) is 5. The summed E-state index contributed by atoms with van der Waals surface area (Å²) >= 11 is 1.25. The van der Waals surface area contributed by atoms with Crippen LogP contribution in [0.5, 0.6) is 0 Å². The molecule has 0 saturated carbocycles. The SMILES string of the molecule is CC(OC(=O)c1csc(-c2ncccn2)n1)C(=O)N1CCN(c2ccccc2)CC1. The van der Waals surface area contributed by atoms with Gasteiger partial charge < -0.3 is 14.5 Å². The monoisotopic (exact) mass is 423 g/mol. The van der Waals surface area contributed by atoms with Crippen LogP contribution in [0.3, 0.4) is 0 Å². The number of para-hydroxylation sites is 1. The molecule has 0 aliphatic carbocycles. The van der Waals surface area contributed by atoms with E-state index in [2.05, 4.69) is 32.0 Å². The number of hydrogen-bond donors (Lipinski definition) is 0. The predicted molar refractivity (Wildman–Crippen MR) is 113 cm³/mol. The lowest BCUT2D eigenvalue weighted by Crippen LogP contribution is -2.51. The van der Waals surface area contributed by atoms with Gasteiger partial charge in [0.2, 0.25) is 0 Å². The van der Waals surface area contributed by atoms with Gasteiger partial charge in [-0.3, -0.25) is 4.79 Å². The maximum absolute atomic E-state index is 12.7. The Morgan fingerprint density at radius 1 is 1.03 bits per heavy atom. The summed E-state index contributed by atoms with van der Waals surface area (Å²) in [6.45, 7) is 4.24. The first-order chi connectivity index (χ1) is 14.6. The summed E-state index contributed by atoms with van der Waals surface area (Å²) in [5.74, 6) is -0.378. The minimum Gasteiger partial charge on any atom is -0.448 e. The van der Waals surface area contributed by atoms with Crippen LogP contribution in [-0.4, -0.2) is 64.0 Å². The molecule has 0 N–H and O–H groups in total. The molecular weight excluding hydrogens is 402 g/mol. The molecule has 0 spiro atoms. The Morgan fingerprint density at radius 3 is 2.43 bits per heavy atom. The van der Waals surface area contributed by atoms with Gasteiger partial charge in [0.05, 0.1) is 0 Å². The minimum absolute atomic E-state index is 0.149. The molecule has 9 heteroatoms. The first-order valence-electron chi connectivity index (χ1n) is 9.64. The summed E-state index contributed by atoms with van der Waals surface area (Å²) in [4.78, 5) is 41.6. The van der Waals surface area contributed by atoms with Gasteiger partial charge in [0.15, 0.2) is 22.6 Å². The van der Waals surface area contributed by atoms with Crippen LogP contribution in [0.25, 0.3) is 10.8 Å². The summed E-state index contributed by atoms with van der Waals surface area (Å²) in [5.41, 5.74) is 1.29. The second-order valence-electron chi connectivity index (χ2n) is 6.81. The van der Waals surface area contributed by atoms with E-state index in [0.29, 0.717) is 23.9 Å². The van der Waals surface area contributed by atoms with E-state index < -0.39 is 12.1 Å². The first-order valence-corrected chi connectivity index (χ1v) is 10.5. The number of carbonyl (C=O) groups excluding carboxylic acids is 2. The van der Waals surface area contributed by atoms with Crippen molar-refractivity contribution >= 4 is 28.9 Å². The normalized spacial score (nSPS) is 15.0. The molecule has 1 saturated heterocycles. The van der Waals surface area contributed by atoms with Crippen LogP contribution in [0, 0.1) is 0 Å². The van der Waals surface area contributed by atoms with Crippen LogP contribution >= 0.6 is 11.3 Å². The van der Waals surface area contributed by atoms with Crippen molar-refractivity contribution in [2.24, 2.45) is 0 Å². The van der Waals surface area contributed by atoms with Crippen LogP contribution in [0.2, 0.25) is 0 Å². The maximum atomic E-state index is 12.7. The van der Waals surface area contributed by atoms with E-state index >= 15 is 0 Å². The number of piperazine rings is 1. The highest BCUT2D eigenvalue weighted by atomic mass is 32.1. The first kappa shape index (κ1) is 20.0. The largest absolute Gasteiger partial charge is 0.448 e. The quantitative estimate of drug-likeness (QED) is 0.583. The summed E-state index contributed by atoms with van der Waals surface area (Å²) in [5, 5.41) is 2.11. The van der Waals surface area contributed by atoms with Crippen LogP contribution in [0.15, 0.2) is 54.2 Å². The van der Waals surface area contributed by atoms with E-state index in [4.69, 9.17) is 4.74 Å². The zero-order chi connectivity index (χ0) is 20.9. The molecule has 2 aromatic heterocycles. The number of carbonyl (C=O) groups is 2. The molecule has 0 bridgehead atoms. The van der Waals surface area contributed by atoms with Crippen LogP contribution in [-0.2, 0) is 9.53 Å². The molecule has 1 amide bonds. The van der Waals surface area contributed by atoms with Crippen molar-refractivity contribution in [3.05, 3.63) is 59.9 Å². The van der Waals surface area contributed by atoms with Gasteiger partial charge in [-0.25, -0.2) is 19.7 Å². The molecule has 3 aromatic rings. The number of aromatic nitrogens is 3. The molecule has 3 heterocycles. The molecule has 1 atom stereocenters. The van der Waals surface area contributed by atoms with Gasteiger partial charge in [-0.15, -0.1) is 11.3 Å². The molecule has 1 aliphatic rings. The van der Waals surface area contributed by atoms with Gasteiger partial charge >= 0.3 is 5.97 Å². The van der Waals surface area contributed by atoms with Gasteiger partial charge in [-0.1, -0.05) is 18.2 Å².